The lowest BCUT2D eigenvalue weighted by molar-refractivity contribution is -0.0407. The molecule has 0 aliphatic carbocycles. The lowest BCUT2D eigenvalue weighted by Crippen LogP contribution is -2.46. The summed E-state index contributed by atoms with van der Waals surface area (Å²) in [6, 6.07) is 2.06. The third kappa shape index (κ3) is 3.30. The molecule has 4 nitrogen and oxygen atoms in total. The number of hydrogen-bond acceptors (Lipinski definition) is 3. The smallest absolute Gasteiger partial charge is 0.254 e. The zero-order valence-electron chi connectivity index (χ0n) is 14.1. The van der Waals surface area contributed by atoms with Crippen LogP contribution in [-0.4, -0.2) is 48.8 Å². The number of nitrogens with zero attached hydrogens (tertiary/aromatic N) is 1. The van der Waals surface area contributed by atoms with Crippen LogP contribution in [0.5, 0.6) is 0 Å². The summed E-state index contributed by atoms with van der Waals surface area (Å²) in [5, 5.41) is 0. The Hall–Kier alpha value is -1.53. The first-order valence-electron chi connectivity index (χ1n) is 8.44. The van der Waals surface area contributed by atoms with Gasteiger partial charge in [-0.1, -0.05) is 0 Å². The van der Waals surface area contributed by atoms with Crippen LogP contribution in [0.1, 0.15) is 42.1 Å². The molecule has 0 N–H and O–H groups in total. The Kier molecular flexibility index (Phi) is 4.88. The third-order valence-corrected chi connectivity index (χ3v) is 5.04. The van der Waals surface area contributed by atoms with Crippen LogP contribution in [0.25, 0.3) is 0 Å². The molecule has 0 bridgehead atoms. The molecule has 0 radical (unpaired) electrons. The SMILES string of the molecule is CCO[C@@H]1COC2(CCN(C(=O)c3cc(F)c(F)cc3C)CC2)C1. The standard InChI is InChI=1S/C18H23F2NO3/c1-3-23-13-10-18(24-11-13)4-6-21(7-5-18)17(22)14-9-16(20)15(19)8-12(14)2/h8-9,13H,3-7,10-11H2,1-2H3/t13-/m0/s1. The van der Waals surface area contributed by atoms with Crippen LogP contribution in [0, 0.1) is 18.6 Å². The molecule has 1 spiro atoms. The summed E-state index contributed by atoms with van der Waals surface area (Å²) >= 11 is 0. The van der Waals surface area contributed by atoms with Gasteiger partial charge in [-0.2, -0.15) is 0 Å². The minimum atomic E-state index is -0.990. The van der Waals surface area contributed by atoms with Crippen molar-refractivity contribution in [2.75, 3.05) is 26.3 Å². The Balaban J connectivity index is 1.65. The molecule has 1 amide bonds. The molecule has 2 aliphatic heterocycles. The molecule has 132 valence electrons. The molecule has 1 aromatic rings. The van der Waals surface area contributed by atoms with E-state index in [0.717, 1.165) is 31.4 Å². The van der Waals surface area contributed by atoms with Crippen molar-refractivity contribution in [3.63, 3.8) is 0 Å². The quantitative estimate of drug-likeness (QED) is 0.849. The number of amides is 1. The molecule has 1 aromatic carbocycles. The van der Waals surface area contributed by atoms with Gasteiger partial charge < -0.3 is 14.4 Å². The Morgan fingerprint density at radius 2 is 2.00 bits per heavy atom. The lowest BCUT2D eigenvalue weighted by Gasteiger charge is -2.38. The number of halogens is 2. The molecule has 2 fully saturated rings. The molecule has 2 heterocycles. The van der Waals surface area contributed by atoms with E-state index in [-0.39, 0.29) is 23.2 Å². The second-order valence-electron chi connectivity index (χ2n) is 6.65. The summed E-state index contributed by atoms with van der Waals surface area (Å²) in [7, 11) is 0. The fourth-order valence-electron chi connectivity index (χ4n) is 3.66. The van der Waals surface area contributed by atoms with Gasteiger partial charge >= 0.3 is 0 Å². The number of likely N-dealkylation sites (tertiary alicyclic amines) is 1. The molecular formula is C18H23F2NO3. The normalized spacial score (nSPS) is 23.0. The molecule has 2 saturated heterocycles. The average Bonchev–Trinajstić information content (AvgIpc) is 2.94. The highest BCUT2D eigenvalue weighted by molar-refractivity contribution is 5.95. The highest BCUT2D eigenvalue weighted by atomic mass is 19.2. The molecule has 24 heavy (non-hydrogen) atoms. The Morgan fingerprint density at radius 1 is 1.33 bits per heavy atom. The van der Waals surface area contributed by atoms with Crippen LogP contribution in [0.4, 0.5) is 8.78 Å². The van der Waals surface area contributed by atoms with Crippen LogP contribution in [0.3, 0.4) is 0 Å². The van der Waals surface area contributed by atoms with E-state index in [1.807, 2.05) is 6.92 Å². The van der Waals surface area contributed by atoms with E-state index in [1.54, 1.807) is 11.8 Å². The highest BCUT2D eigenvalue weighted by Gasteiger charge is 2.43. The van der Waals surface area contributed by atoms with E-state index in [1.165, 1.54) is 0 Å². The van der Waals surface area contributed by atoms with Gasteiger partial charge in [0.2, 0.25) is 0 Å². The Bertz CT molecular complexity index is 627. The fraction of sp³-hybridized carbons (Fsp3) is 0.611. The number of carbonyl (C=O) groups is 1. The van der Waals surface area contributed by atoms with Crippen molar-refractivity contribution in [1.82, 2.24) is 4.90 Å². The first kappa shape index (κ1) is 17.3. The number of ether oxygens (including phenoxy) is 2. The largest absolute Gasteiger partial charge is 0.376 e. The zero-order chi connectivity index (χ0) is 17.3. The van der Waals surface area contributed by atoms with E-state index in [4.69, 9.17) is 9.47 Å². The molecule has 0 aromatic heterocycles. The number of hydrogen-bond donors (Lipinski definition) is 0. The van der Waals surface area contributed by atoms with Crippen molar-refractivity contribution in [2.45, 2.75) is 44.8 Å². The van der Waals surface area contributed by atoms with Crippen molar-refractivity contribution < 1.29 is 23.0 Å². The minimum Gasteiger partial charge on any atom is -0.376 e. The summed E-state index contributed by atoms with van der Waals surface area (Å²) in [5.41, 5.74) is 0.469. The molecule has 6 heteroatoms. The molecule has 3 rings (SSSR count). The van der Waals surface area contributed by atoms with Gasteiger partial charge in [0, 0.05) is 31.7 Å². The van der Waals surface area contributed by atoms with Gasteiger partial charge in [0.25, 0.3) is 5.91 Å². The average molecular weight is 339 g/mol. The van der Waals surface area contributed by atoms with Crippen LogP contribution in [-0.2, 0) is 9.47 Å². The molecule has 2 aliphatic rings. The van der Waals surface area contributed by atoms with Gasteiger partial charge in [0.1, 0.15) is 0 Å². The van der Waals surface area contributed by atoms with Gasteiger partial charge in [-0.25, -0.2) is 8.78 Å². The highest BCUT2D eigenvalue weighted by Crippen LogP contribution is 2.37. The summed E-state index contributed by atoms with van der Waals surface area (Å²) in [5.74, 6) is -2.17. The van der Waals surface area contributed by atoms with Crippen molar-refractivity contribution in [3.05, 3.63) is 34.9 Å². The zero-order valence-corrected chi connectivity index (χ0v) is 14.1. The lowest BCUT2D eigenvalue weighted by atomic mass is 9.87. The van der Waals surface area contributed by atoms with E-state index >= 15 is 0 Å². The maximum absolute atomic E-state index is 13.5. The predicted octanol–water partition coefficient (Wildman–Crippen LogP) is 3.07. The maximum atomic E-state index is 13.5. The molecular weight excluding hydrogens is 316 g/mol. The van der Waals surface area contributed by atoms with E-state index < -0.39 is 11.6 Å². The topological polar surface area (TPSA) is 38.8 Å². The number of benzene rings is 1. The van der Waals surface area contributed by atoms with Crippen LogP contribution in [0.15, 0.2) is 12.1 Å². The fourth-order valence-corrected chi connectivity index (χ4v) is 3.66. The second-order valence-corrected chi connectivity index (χ2v) is 6.65. The van der Waals surface area contributed by atoms with Gasteiger partial charge in [-0.05, 0) is 44.4 Å². The predicted molar refractivity (Wildman–Crippen MR) is 84.9 cm³/mol. The number of piperidine rings is 1. The molecule has 0 saturated carbocycles. The second kappa shape index (κ2) is 6.76. The number of aryl methyl sites for hydroxylation is 1. The number of rotatable bonds is 3. The summed E-state index contributed by atoms with van der Waals surface area (Å²) in [4.78, 5) is 14.3. The molecule has 0 unspecified atom stereocenters. The van der Waals surface area contributed by atoms with E-state index in [0.29, 0.717) is 31.9 Å². The summed E-state index contributed by atoms with van der Waals surface area (Å²) < 4.78 is 38.3. The van der Waals surface area contributed by atoms with Crippen molar-refractivity contribution in [2.24, 2.45) is 0 Å². The first-order valence-corrected chi connectivity index (χ1v) is 8.44. The Morgan fingerprint density at radius 3 is 2.67 bits per heavy atom. The van der Waals surface area contributed by atoms with E-state index in [9.17, 15) is 13.6 Å². The minimum absolute atomic E-state index is 0.130. The van der Waals surface area contributed by atoms with E-state index in [2.05, 4.69) is 0 Å². The van der Waals surface area contributed by atoms with Gasteiger partial charge in [-0.15, -0.1) is 0 Å². The van der Waals surface area contributed by atoms with Crippen LogP contribution < -0.4 is 0 Å². The summed E-state index contributed by atoms with van der Waals surface area (Å²) in [6.07, 6.45) is 2.47. The van der Waals surface area contributed by atoms with Crippen molar-refractivity contribution >= 4 is 5.91 Å². The van der Waals surface area contributed by atoms with Crippen molar-refractivity contribution in [3.8, 4) is 0 Å². The van der Waals surface area contributed by atoms with Crippen LogP contribution in [0.2, 0.25) is 0 Å². The third-order valence-electron chi connectivity index (χ3n) is 5.04. The monoisotopic (exact) mass is 339 g/mol. The van der Waals surface area contributed by atoms with Gasteiger partial charge in [-0.3, -0.25) is 4.79 Å². The maximum Gasteiger partial charge on any atom is 0.254 e. The molecule has 1 atom stereocenters. The van der Waals surface area contributed by atoms with Gasteiger partial charge in [0.05, 0.1) is 18.3 Å². The number of carbonyl (C=O) groups excluding carboxylic acids is 1. The first-order chi connectivity index (χ1) is 11.4. The summed E-state index contributed by atoms with van der Waals surface area (Å²) in [6.45, 7) is 5.96. The van der Waals surface area contributed by atoms with Crippen molar-refractivity contribution in [1.29, 1.82) is 0 Å². The van der Waals surface area contributed by atoms with Crippen LogP contribution >= 0.6 is 0 Å². The Labute approximate surface area is 140 Å². The van der Waals surface area contributed by atoms with Gasteiger partial charge in [0.15, 0.2) is 11.6 Å².